The molecule has 0 radical (unpaired) electrons. The summed E-state index contributed by atoms with van der Waals surface area (Å²) < 4.78 is 0. The van der Waals surface area contributed by atoms with Crippen LogP contribution in [-0.4, -0.2) is 22.1 Å². The molecular formula is C18H22O3. The number of hydrogen-bond acceptors (Lipinski definition) is 3. The third kappa shape index (κ3) is 1.77. The first kappa shape index (κ1) is 13.5. The smallest absolute Gasteiger partial charge is 0.139 e. The van der Waals surface area contributed by atoms with Crippen LogP contribution >= 0.6 is 0 Å². The summed E-state index contributed by atoms with van der Waals surface area (Å²) in [6.45, 7) is 2.03. The zero-order valence-corrected chi connectivity index (χ0v) is 12.4. The predicted molar refractivity (Wildman–Crippen MR) is 79.1 cm³/mol. The lowest BCUT2D eigenvalue weighted by Gasteiger charge is -2.41. The molecule has 1 aromatic rings. The van der Waals surface area contributed by atoms with E-state index in [1.807, 2.05) is 6.92 Å². The average Bonchev–Trinajstić information content (AvgIpc) is 2.74. The summed E-state index contributed by atoms with van der Waals surface area (Å²) in [6, 6.07) is 4.22. The van der Waals surface area contributed by atoms with Crippen molar-refractivity contribution in [2.24, 2.45) is 5.41 Å². The zero-order chi connectivity index (χ0) is 14.8. The van der Waals surface area contributed by atoms with Gasteiger partial charge in [0.25, 0.3) is 0 Å². The Morgan fingerprint density at radius 3 is 2.81 bits per heavy atom. The lowest BCUT2D eigenvalue weighted by Crippen LogP contribution is -2.36. The molecule has 0 spiro atoms. The summed E-state index contributed by atoms with van der Waals surface area (Å²) >= 11 is 0. The number of aliphatic hydroxyl groups excluding tert-OH is 2. The third-order valence-corrected chi connectivity index (χ3v) is 6.06. The number of Topliss-reactive ketones (excluding diaryl/α,β-unsaturated/α-hetero) is 1. The molecule has 1 aromatic carbocycles. The summed E-state index contributed by atoms with van der Waals surface area (Å²) in [5.74, 6) is 0.575. The van der Waals surface area contributed by atoms with Crippen LogP contribution in [0.15, 0.2) is 12.1 Å². The first-order chi connectivity index (χ1) is 10.0. The molecule has 0 aromatic heterocycles. The van der Waals surface area contributed by atoms with Gasteiger partial charge < -0.3 is 10.2 Å². The SMILES string of the molecule is CC12C[C@@H](O)c3c(ccc4c3CCC(O)C4)C1CCC2=O. The van der Waals surface area contributed by atoms with Gasteiger partial charge in [-0.3, -0.25) is 4.79 Å². The summed E-state index contributed by atoms with van der Waals surface area (Å²) in [4.78, 5) is 12.3. The van der Waals surface area contributed by atoms with Crippen molar-refractivity contribution in [3.63, 3.8) is 0 Å². The van der Waals surface area contributed by atoms with E-state index in [0.717, 1.165) is 24.8 Å². The van der Waals surface area contributed by atoms with E-state index in [9.17, 15) is 15.0 Å². The molecule has 0 aliphatic heterocycles. The molecule has 21 heavy (non-hydrogen) atoms. The van der Waals surface area contributed by atoms with E-state index in [-0.39, 0.29) is 17.4 Å². The Morgan fingerprint density at radius 1 is 1.19 bits per heavy atom. The largest absolute Gasteiger partial charge is 0.393 e. The Bertz CT molecular complexity index is 621. The second-order valence-corrected chi connectivity index (χ2v) is 7.25. The second-order valence-electron chi connectivity index (χ2n) is 7.25. The molecule has 0 bridgehead atoms. The van der Waals surface area contributed by atoms with Gasteiger partial charge in [-0.15, -0.1) is 0 Å². The first-order valence-electron chi connectivity index (χ1n) is 8.04. The number of aliphatic hydroxyl groups is 2. The molecular weight excluding hydrogens is 264 g/mol. The van der Waals surface area contributed by atoms with Gasteiger partial charge in [-0.1, -0.05) is 19.1 Å². The van der Waals surface area contributed by atoms with Crippen molar-refractivity contribution in [2.75, 3.05) is 0 Å². The number of hydrogen-bond donors (Lipinski definition) is 2. The third-order valence-electron chi connectivity index (χ3n) is 6.06. The second kappa shape index (κ2) is 4.40. The van der Waals surface area contributed by atoms with Crippen molar-refractivity contribution < 1.29 is 15.0 Å². The fourth-order valence-corrected chi connectivity index (χ4v) is 4.91. The molecule has 1 saturated carbocycles. The van der Waals surface area contributed by atoms with Crippen LogP contribution in [0.1, 0.15) is 66.9 Å². The van der Waals surface area contributed by atoms with Gasteiger partial charge in [-0.05, 0) is 60.3 Å². The van der Waals surface area contributed by atoms with E-state index in [1.54, 1.807) is 0 Å². The Balaban J connectivity index is 1.87. The highest BCUT2D eigenvalue weighted by molar-refractivity contribution is 5.88. The van der Waals surface area contributed by atoms with Crippen molar-refractivity contribution in [3.8, 4) is 0 Å². The lowest BCUT2D eigenvalue weighted by molar-refractivity contribution is -0.127. The molecule has 2 N–H and O–H groups in total. The van der Waals surface area contributed by atoms with Gasteiger partial charge in [0.2, 0.25) is 0 Å². The molecule has 112 valence electrons. The molecule has 0 heterocycles. The van der Waals surface area contributed by atoms with E-state index in [2.05, 4.69) is 12.1 Å². The molecule has 0 amide bonds. The topological polar surface area (TPSA) is 57.5 Å². The quantitative estimate of drug-likeness (QED) is 0.770. The summed E-state index contributed by atoms with van der Waals surface area (Å²) in [7, 11) is 0. The molecule has 4 atom stereocenters. The van der Waals surface area contributed by atoms with Gasteiger partial charge in [0.1, 0.15) is 5.78 Å². The van der Waals surface area contributed by atoms with Gasteiger partial charge in [0.05, 0.1) is 12.2 Å². The van der Waals surface area contributed by atoms with Crippen molar-refractivity contribution in [2.45, 2.75) is 63.6 Å². The van der Waals surface area contributed by atoms with Crippen LogP contribution in [0.4, 0.5) is 0 Å². The minimum atomic E-state index is -0.534. The molecule has 0 saturated heterocycles. The highest BCUT2D eigenvalue weighted by atomic mass is 16.3. The Kier molecular flexibility index (Phi) is 2.82. The minimum Gasteiger partial charge on any atom is -0.393 e. The molecule has 3 heteroatoms. The van der Waals surface area contributed by atoms with Crippen molar-refractivity contribution >= 4 is 5.78 Å². The normalized spacial score (nSPS) is 37.9. The van der Waals surface area contributed by atoms with Crippen LogP contribution in [-0.2, 0) is 17.6 Å². The number of carbonyl (C=O) groups excluding carboxylic acids is 1. The average molecular weight is 286 g/mol. The lowest BCUT2D eigenvalue weighted by atomic mass is 9.63. The number of rotatable bonds is 0. The summed E-state index contributed by atoms with van der Waals surface area (Å²) in [6.07, 6.45) is 3.63. The van der Waals surface area contributed by atoms with Gasteiger partial charge in [-0.2, -0.15) is 0 Å². The maximum Gasteiger partial charge on any atom is 0.139 e. The Morgan fingerprint density at radius 2 is 2.00 bits per heavy atom. The molecule has 3 unspecified atom stereocenters. The monoisotopic (exact) mass is 286 g/mol. The molecule has 4 rings (SSSR count). The van der Waals surface area contributed by atoms with Crippen molar-refractivity contribution in [1.82, 2.24) is 0 Å². The fourth-order valence-electron chi connectivity index (χ4n) is 4.91. The fraction of sp³-hybridized carbons (Fsp3) is 0.611. The van der Waals surface area contributed by atoms with Crippen molar-refractivity contribution in [3.05, 3.63) is 34.4 Å². The van der Waals surface area contributed by atoms with Crippen LogP contribution in [0.5, 0.6) is 0 Å². The zero-order valence-electron chi connectivity index (χ0n) is 12.4. The Labute approximate surface area is 125 Å². The number of carbonyl (C=O) groups is 1. The standard InChI is InChI=1S/C18H22O3/c1-18-9-15(20)17-12-5-3-11(19)8-10(12)2-4-13(17)14(18)6-7-16(18)21/h2,4,11,14-15,19-20H,3,5-9H2,1H3/t11?,14?,15-,18?/m1/s1. The van der Waals surface area contributed by atoms with Gasteiger partial charge >= 0.3 is 0 Å². The number of fused-ring (bicyclic) bond motifs is 5. The molecule has 3 nitrogen and oxygen atoms in total. The molecule has 3 aliphatic rings. The van der Waals surface area contributed by atoms with E-state index >= 15 is 0 Å². The molecule has 3 aliphatic carbocycles. The van der Waals surface area contributed by atoms with Crippen LogP contribution in [0.2, 0.25) is 0 Å². The van der Waals surface area contributed by atoms with Crippen LogP contribution in [0.25, 0.3) is 0 Å². The van der Waals surface area contributed by atoms with Gasteiger partial charge in [0.15, 0.2) is 0 Å². The van der Waals surface area contributed by atoms with E-state index < -0.39 is 6.10 Å². The van der Waals surface area contributed by atoms with Crippen LogP contribution < -0.4 is 0 Å². The maximum absolute atomic E-state index is 12.3. The van der Waals surface area contributed by atoms with Gasteiger partial charge in [0, 0.05) is 11.8 Å². The van der Waals surface area contributed by atoms with Crippen LogP contribution in [0.3, 0.4) is 0 Å². The van der Waals surface area contributed by atoms with E-state index in [1.165, 1.54) is 16.7 Å². The van der Waals surface area contributed by atoms with E-state index in [0.29, 0.717) is 25.0 Å². The number of benzene rings is 1. The first-order valence-corrected chi connectivity index (χ1v) is 8.04. The molecule has 1 fully saturated rings. The predicted octanol–water partition coefficient (Wildman–Crippen LogP) is 2.43. The summed E-state index contributed by atoms with van der Waals surface area (Å²) in [5.41, 5.74) is 4.31. The number of ketones is 1. The highest BCUT2D eigenvalue weighted by Crippen LogP contribution is 2.57. The summed E-state index contributed by atoms with van der Waals surface area (Å²) in [5, 5.41) is 20.5. The van der Waals surface area contributed by atoms with Crippen LogP contribution in [0, 0.1) is 5.41 Å². The van der Waals surface area contributed by atoms with Gasteiger partial charge in [-0.25, -0.2) is 0 Å². The Hall–Kier alpha value is -1.19. The van der Waals surface area contributed by atoms with E-state index in [4.69, 9.17) is 0 Å². The minimum absolute atomic E-state index is 0.255. The highest BCUT2D eigenvalue weighted by Gasteiger charge is 2.52. The maximum atomic E-state index is 12.3. The van der Waals surface area contributed by atoms with Crippen molar-refractivity contribution in [1.29, 1.82) is 0 Å².